The van der Waals surface area contributed by atoms with E-state index in [-0.39, 0.29) is 11.7 Å². The molecule has 8 heteroatoms. The molecule has 0 radical (unpaired) electrons. The number of nitrogens with one attached hydrogen (secondary N) is 2. The normalized spacial score (nSPS) is 11.2. The van der Waals surface area contributed by atoms with Crippen molar-refractivity contribution in [3.8, 4) is 0 Å². The average Bonchev–Trinajstić information content (AvgIpc) is 2.36. The molecule has 0 unspecified atom stereocenters. The number of sulfone groups is 1. The SMILES string of the molecule is CCNc1ncc(C(=O)NCCCS(C)(=O)=O)cc1Cl. The van der Waals surface area contributed by atoms with Gasteiger partial charge >= 0.3 is 0 Å². The van der Waals surface area contributed by atoms with Crippen LogP contribution >= 0.6 is 11.6 Å². The Hall–Kier alpha value is -1.34. The minimum atomic E-state index is -3.00. The third kappa shape index (κ3) is 5.75. The number of pyridine rings is 1. The van der Waals surface area contributed by atoms with Gasteiger partial charge in [0.1, 0.15) is 15.7 Å². The second-order valence-electron chi connectivity index (χ2n) is 4.32. The molecule has 1 aromatic heterocycles. The summed E-state index contributed by atoms with van der Waals surface area (Å²) in [7, 11) is -3.00. The molecular formula is C12H18ClN3O3S. The number of rotatable bonds is 7. The van der Waals surface area contributed by atoms with E-state index in [9.17, 15) is 13.2 Å². The molecule has 2 N–H and O–H groups in total. The molecule has 1 amide bonds. The van der Waals surface area contributed by atoms with Crippen molar-refractivity contribution in [2.24, 2.45) is 0 Å². The standard InChI is InChI=1S/C12H18ClN3O3S/c1-3-14-11-10(13)7-9(8-16-11)12(17)15-5-4-6-20(2,18)19/h7-8H,3-6H2,1-2H3,(H,14,16)(H,15,17). The molecule has 1 rings (SSSR count). The molecule has 0 saturated carbocycles. The van der Waals surface area contributed by atoms with Crippen LogP contribution in [-0.2, 0) is 9.84 Å². The van der Waals surface area contributed by atoms with E-state index in [1.54, 1.807) is 0 Å². The highest BCUT2D eigenvalue weighted by molar-refractivity contribution is 7.90. The second-order valence-corrected chi connectivity index (χ2v) is 6.99. The summed E-state index contributed by atoms with van der Waals surface area (Å²) in [6.45, 7) is 2.89. The van der Waals surface area contributed by atoms with Crippen LogP contribution < -0.4 is 10.6 Å². The maximum absolute atomic E-state index is 11.8. The quantitative estimate of drug-likeness (QED) is 0.740. The van der Waals surface area contributed by atoms with Gasteiger partial charge in [-0.05, 0) is 19.4 Å². The highest BCUT2D eigenvalue weighted by atomic mass is 35.5. The molecule has 20 heavy (non-hydrogen) atoms. The highest BCUT2D eigenvalue weighted by Crippen LogP contribution is 2.19. The lowest BCUT2D eigenvalue weighted by molar-refractivity contribution is 0.0953. The van der Waals surface area contributed by atoms with Crippen LogP contribution in [0.15, 0.2) is 12.3 Å². The lowest BCUT2D eigenvalue weighted by Gasteiger charge is -2.08. The summed E-state index contributed by atoms with van der Waals surface area (Å²) in [5, 5.41) is 5.97. The van der Waals surface area contributed by atoms with Crippen LogP contribution in [0.4, 0.5) is 5.82 Å². The lowest BCUT2D eigenvalue weighted by atomic mass is 10.2. The molecular weight excluding hydrogens is 302 g/mol. The molecule has 0 saturated heterocycles. The van der Waals surface area contributed by atoms with Gasteiger partial charge in [0, 0.05) is 25.5 Å². The molecule has 0 aliphatic carbocycles. The van der Waals surface area contributed by atoms with Crippen LogP contribution in [0.3, 0.4) is 0 Å². The largest absolute Gasteiger partial charge is 0.369 e. The van der Waals surface area contributed by atoms with Crippen molar-refractivity contribution in [2.75, 3.05) is 30.4 Å². The monoisotopic (exact) mass is 319 g/mol. The van der Waals surface area contributed by atoms with Crippen molar-refractivity contribution in [3.05, 3.63) is 22.8 Å². The molecule has 0 aromatic carbocycles. The van der Waals surface area contributed by atoms with Gasteiger partial charge in [0.15, 0.2) is 0 Å². The third-order valence-electron chi connectivity index (χ3n) is 2.43. The maximum Gasteiger partial charge on any atom is 0.252 e. The topological polar surface area (TPSA) is 88.2 Å². The number of anilines is 1. The zero-order chi connectivity index (χ0) is 15.2. The lowest BCUT2D eigenvalue weighted by Crippen LogP contribution is -2.26. The van der Waals surface area contributed by atoms with E-state index in [4.69, 9.17) is 11.6 Å². The number of aromatic nitrogens is 1. The third-order valence-corrected chi connectivity index (χ3v) is 3.74. The van der Waals surface area contributed by atoms with Crippen molar-refractivity contribution in [1.29, 1.82) is 0 Å². The van der Waals surface area contributed by atoms with E-state index in [1.807, 2.05) is 6.92 Å². The van der Waals surface area contributed by atoms with E-state index < -0.39 is 9.84 Å². The molecule has 1 heterocycles. The summed E-state index contributed by atoms with van der Waals surface area (Å²) < 4.78 is 21.9. The van der Waals surface area contributed by atoms with Gasteiger partial charge in [-0.15, -0.1) is 0 Å². The van der Waals surface area contributed by atoms with Gasteiger partial charge in [-0.2, -0.15) is 0 Å². The zero-order valence-electron chi connectivity index (χ0n) is 11.4. The predicted molar refractivity (Wildman–Crippen MR) is 80.1 cm³/mol. The molecule has 1 aromatic rings. The molecule has 0 spiro atoms. The maximum atomic E-state index is 11.8. The first-order valence-corrected chi connectivity index (χ1v) is 8.62. The first-order valence-electron chi connectivity index (χ1n) is 6.19. The Morgan fingerprint density at radius 1 is 1.45 bits per heavy atom. The van der Waals surface area contributed by atoms with Gasteiger partial charge in [0.05, 0.1) is 16.3 Å². The molecule has 0 bridgehead atoms. The minimum Gasteiger partial charge on any atom is -0.369 e. The fraction of sp³-hybridized carbons (Fsp3) is 0.500. The smallest absolute Gasteiger partial charge is 0.252 e. The van der Waals surface area contributed by atoms with Crippen molar-refractivity contribution in [1.82, 2.24) is 10.3 Å². The Labute approximate surface area is 123 Å². The van der Waals surface area contributed by atoms with E-state index >= 15 is 0 Å². The Kier molecular flexibility index (Phi) is 6.22. The van der Waals surface area contributed by atoms with Gasteiger partial charge in [0.25, 0.3) is 5.91 Å². The fourth-order valence-corrected chi connectivity index (χ4v) is 2.40. The van der Waals surface area contributed by atoms with Gasteiger partial charge < -0.3 is 10.6 Å². The summed E-state index contributed by atoms with van der Waals surface area (Å²) in [5.74, 6) is 0.254. The number of hydrogen-bond donors (Lipinski definition) is 2. The number of carbonyl (C=O) groups is 1. The predicted octanol–water partition coefficient (Wildman–Crippen LogP) is 1.33. The van der Waals surface area contributed by atoms with Gasteiger partial charge in [-0.25, -0.2) is 13.4 Å². The Balaban J connectivity index is 2.53. The van der Waals surface area contributed by atoms with Crippen LogP contribution in [-0.4, -0.2) is 44.4 Å². The average molecular weight is 320 g/mol. The Morgan fingerprint density at radius 3 is 2.70 bits per heavy atom. The molecule has 112 valence electrons. The van der Waals surface area contributed by atoms with Crippen molar-refractivity contribution in [3.63, 3.8) is 0 Å². The summed E-state index contributed by atoms with van der Waals surface area (Å²) in [6.07, 6.45) is 2.97. The van der Waals surface area contributed by atoms with E-state index in [1.165, 1.54) is 12.3 Å². The number of nitrogens with zero attached hydrogens (tertiary/aromatic N) is 1. The van der Waals surface area contributed by atoms with Gasteiger partial charge in [-0.3, -0.25) is 4.79 Å². The Morgan fingerprint density at radius 2 is 2.15 bits per heavy atom. The molecule has 0 aliphatic rings. The van der Waals surface area contributed by atoms with E-state index in [2.05, 4.69) is 15.6 Å². The first kappa shape index (κ1) is 16.7. The first-order chi connectivity index (χ1) is 9.33. The number of amides is 1. The molecule has 6 nitrogen and oxygen atoms in total. The Bertz CT molecular complexity index is 575. The van der Waals surface area contributed by atoms with Crippen molar-refractivity contribution < 1.29 is 13.2 Å². The summed E-state index contributed by atoms with van der Waals surface area (Å²) in [6, 6.07) is 1.53. The number of halogens is 1. The number of hydrogen-bond acceptors (Lipinski definition) is 5. The summed E-state index contributed by atoms with van der Waals surface area (Å²) in [4.78, 5) is 15.9. The fourth-order valence-electron chi connectivity index (χ4n) is 1.50. The zero-order valence-corrected chi connectivity index (χ0v) is 13.0. The summed E-state index contributed by atoms with van der Waals surface area (Å²) in [5.41, 5.74) is 0.344. The van der Waals surface area contributed by atoms with Crippen molar-refractivity contribution in [2.45, 2.75) is 13.3 Å². The van der Waals surface area contributed by atoms with E-state index in [0.29, 0.717) is 35.9 Å². The minimum absolute atomic E-state index is 0.0473. The highest BCUT2D eigenvalue weighted by Gasteiger charge is 2.09. The van der Waals surface area contributed by atoms with Crippen molar-refractivity contribution >= 4 is 33.2 Å². The molecule has 0 fully saturated rings. The summed E-state index contributed by atoms with van der Waals surface area (Å²) >= 11 is 5.99. The van der Waals surface area contributed by atoms with Crippen LogP contribution in [0.25, 0.3) is 0 Å². The van der Waals surface area contributed by atoms with Gasteiger partial charge in [-0.1, -0.05) is 11.6 Å². The van der Waals surface area contributed by atoms with Crippen LogP contribution in [0.2, 0.25) is 5.02 Å². The van der Waals surface area contributed by atoms with Crippen LogP contribution in [0, 0.1) is 0 Å². The second kappa shape index (κ2) is 7.44. The van der Waals surface area contributed by atoms with Crippen LogP contribution in [0.1, 0.15) is 23.7 Å². The van der Waals surface area contributed by atoms with Crippen LogP contribution in [0.5, 0.6) is 0 Å². The molecule has 0 atom stereocenters. The molecule has 0 aliphatic heterocycles. The van der Waals surface area contributed by atoms with E-state index in [0.717, 1.165) is 6.26 Å². The number of carbonyl (C=O) groups excluding carboxylic acids is 1. The van der Waals surface area contributed by atoms with Gasteiger partial charge in [0.2, 0.25) is 0 Å².